The molecule has 0 spiro atoms. The molecule has 1 aliphatic heterocycles. The van der Waals surface area contributed by atoms with Gasteiger partial charge in [0.15, 0.2) is 0 Å². The van der Waals surface area contributed by atoms with E-state index < -0.39 is 31.4 Å². The van der Waals surface area contributed by atoms with Crippen LogP contribution in [0, 0.1) is 0 Å². The first-order valence-electron chi connectivity index (χ1n) is 7.13. The number of benzene rings is 1. The minimum absolute atomic E-state index is 0.100. The molecule has 0 aromatic heterocycles. The lowest BCUT2D eigenvalue weighted by Gasteiger charge is -2.25. The van der Waals surface area contributed by atoms with Gasteiger partial charge in [0.2, 0.25) is 0 Å². The highest BCUT2D eigenvalue weighted by Crippen LogP contribution is 2.47. The second kappa shape index (κ2) is 7.25. The molecule has 1 aliphatic rings. The Hall–Kier alpha value is -2.02. The second-order valence-corrected chi connectivity index (χ2v) is 7.45. The van der Waals surface area contributed by atoms with E-state index in [-0.39, 0.29) is 23.7 Å². The number of carbonyl (C=O) groups excluding carboxylic acids is 3. The molecule has 130 valence electrons. The normalized spacial score (nSPS) is 15.4. The van der Waals surface area contributed by atoms with Crippen molar-refractivity contribution >= 4 is 25.4 Å². The Kier molecular flexibility index (Phi) is 5.54. The average Bonchev–Trinajstić information content (AvgIpc) is 2.86. The Balaban J connectivity index is 2.30. The van der Waals surface area contributed by atoms with Crippen LogP contribution in [0.25, 0.3) is 0 Å². The van der Waals surface area contributed by atoms with E-state index in [1.807, 2.05) is 0 Å². The van der Waals surface area contributed by atoms with E-state index in [1.165, 1.54) is 26.4 Å². The molecular formula is C15H18NO7P. The lowest BCUT2D eigenvalue weighted by Crippen LogP contribution is -2.45. The molecule has 1 atom stereocenters. The summed E-state index contributed by atoms with van der Waals surface area (Å²) in [5.41, 5.74) is 0.441. The maximum absolute atomic E-state index is 12.5. The summed E-state index contributed by atoms with van der Waals surface area (Å²) in [5, 5.41) is 0. The molecule has 1 aromatic carbocycles. The average molecular weight is 355 g/mol. The van der Waals surface area contributed by atoms with Crippen molar-refractivity contribution in [3.05, 3.63) is 35.4 Å². The molecule has 1 unspecified atom stereocenters. The zero-order chi connectivity index (χ0) is 17.9. The Morgan fingerprint density at radius 3 is 2.00 bits per heavy atom. The third-order valence-corrected chi connectivity index (χ3v) is 5.76. The lowest BCUT2D eigenvalue weighted by molar-refractivity contribution is -0.145. The van der Waals surface area contributed by atoms with Gasteiger partial charge < -0.3 is 13.8 Å². The van der Waals surface area contributed by atoms with Gasteiger partial charge in [0, 0.05) is 14.2 Å². The molecule has 24 heavy (non-hydrogen) atoms. The largest absolute Gasteiger partial charge is 0.467 e. The number of rotatable bonds is 7. The van der Waals surface area contributed by atoms with Gasteiger partial charge in [0.05, 0.1) is 24.4 Å². The SMILES string of the molecule is COC(=O)C(CCP(=O)(OC)OC)N1C(=O)c2ccccc2C1=O. The molecule has 0 radical (unpaired) electrons. The number of imide groups is 1. The fraction of sp³-hybridized carbons (Fsp3) is 0.400. The van der Waals surface area contributed by atoms with Crippen LogP contribution < -0.4 is 0 Å². The van der Waals surface area contributed by atoms with Crippen molar-refractivity contribution in [2.45, 2.75) is 12.5 Å². The number of amides is 2. The Morgan fingerprint density at radius 2 is 1.58 bits per heavy atom. The number of hydrogen-bond acceptors (Lipinski definition) is 7. The molecule has 1 heterocycles. The van der Waals surface area contributed by atoms with Crippen LogP contribution in [-0.2, 0) is 23.1 Å². The van der Waals surface area contributed by atoms with E-state index in [0.717, 1.165) is 12.0 Å². The van der Waals surface area contributed by atoms with Gasteiger partial charge in [0.25, 0.3) is 11.8 Å². The topological polar surface area (TPSA) is 99.2 Å². The van der Waals surface area contributed by atoms with Crippen LogP contribution >= 0.6 is 7.60 Å². The van der Waals surface area contributed by atoms with Crippen LogP contribution in [0.4, 0.5) is 0 Å². The van der Waals surface area contributed by atoms with Crippen molar-refractivity contribution in [3.8, 4) is 0 Å². The van der Waals surface area contributed by atoms with Crippen LogP contribution in [-0.4, -0.2) is 56.2 Å². The molecule has 1 aromatic rings. The minimum Gasteiger partial charge on any atom is -0.467 e. The molecule has 0 bridgehead atoms. The van der Waals surface area contributed by atoms with Gasteiger partial charge >= 0.3 is 13.6 Å². The number of esters is 1. The van der Waals surface area contributed by atoms with Gasteiger partial charge in [-0.1, -0.05) is 12.1 Å². The zero-order valence-electron chi connectivity index (χ0n) is 13.6. The van der Waals surface area contributed by atoms with E-state index >= 15 is 0 Å². The first-order chi connectivity index (χ1) is 11.4. The fourth-order valence-electron chi connectivity index (χ4n) is 2.52. The monoisotopic (exact) mass is 355 g/mol. The summed E-state index contributed by atoms with van der Waals surface area (Å²) >= 11 is 0. The molecule has 8 nitrogen and oxygen atoms in total. The molecular weight excluding hydrogens is 337 g/mol. The van der Waals surface area contributed by atoms with Gasteiger partial charge in [-0.25, -0.2) is 4.79 Å². The van der Waals surface area contributed by atoms with Gasteiger partial charge in [-0.2, -0.15) is 0 Å². The number of hydrogen-bond donors (Lipinski definition) is 0. The van der Waals surface area contributed by atoms with Crippen LogP contribution in [0.2, 0.25) is 0 Å². The van der Waals surface area contributed by atoms with Crippen LogP contribution in [0.1, 0.15) is 27.1 Å². The highest BCUT2D eigenvalue weighted by molar-refractivity contribution is 7.53. The van der Waals surface area contributed by atoms with Crippen molar-refractivity contribution < 1.29 is 32.7 Å². The van der Waals surface area contributed by atoms with E-state index in [4.69, 9.17) is 13.8 Å². The van der Waals surface area contributed by atoms with Crippen LogP contribution in [0.3, 0.4) is 0 Å². The summed E-state index contributed by atoms with van der Waals surface area (Å²) < 4.78 is 26.5. The maximum Gasteiger partial charge on any atom is 0.330 e. The third kappa shape index (κ3) is 3.26. The molecule has 0 saturated heterocycles. The summed E-state index contributed by atoms with van der Waals surface area (Å²) in [6.07, 6.45) is -0.246. The van der Waals surface area contributed by atoms with Crippen molar-refractivity contribution in [2.24, 2.45) is 0 Å². The highest BCUT2D eigenvalue weighted by atomic mass is 31.2. The number of nitrogens with zero attached hydrogens (tertiary/aromatic N) is 1. The van der Waals surface area contributed by atoms with Gasteiger partial charge in [-0.15, -0.1) is 0 Å². The molecule has 0 fully saturated rings. The number of fused-ring (bicyclic) bond motifs is 1. The summed E-state index contributed by atoms with van der Waals surface area (Å²) in [7, 11) is 0.200. The van der Waals surface area contributed by atoms with E-state index in [2.05, 4.69) is 0 Å². The lowest BCUT2D eigenvalue weighted by atomic mass is 10.1. The quantitative estimate of drug-likeness (QED) is 0.417. The maximum atomic E-state index is 12.5. The van der Waals surface area contributed by atoms with Gasteiger partial charge in [0.1, 0.15) is 6.04 Å². The molecule has 0 N–H and O–H groups in total. The van der Waals surface area contributed by atoms with E-state index in [9.17, 15) is 18.9 Å². The van der Waals surface area contributed by atoms with Crippen molar-refractivity contribution in [3.63, 3.8) is 0 Å². The summed E-state index contributed by atoms with van der Waals surface area (Å²) in [4.78, 5) is 37.9. The van der Waals surface area contributed by atoms with E-state index in [0.29, 0.717) is 0 Å². The van der Waals surface area contributed by atoms with Gasteiger partial charge in [-0.05, 0) is 18.6 Å². The Labute approximate surface area is 139 Å². The molecule has 2 rings (SSSR count). The number of methoxy groups -OCH3 is 1. The molecule has 0 aliphatic carbocycles. The van der Waals surface area contributed by atoms with Crippen LogP contribution in [0.15, 0.2) is 24.3 Å². The van der Waals surface area contributed by atoms with Crippen molar-refractivity contribution in [2.75, 3.05) is 27.5 Å². The smallest absolute Gasteiger partial charge is 0.330 e. The first-order valence-corrected chi connectivity index (χ1v) is 8.86. The van der Waals surface area contributed by atoms with Crippen LogP contribution in [0.5, 0.6) is 0 Å². The number of carbonyl (C=O) groups is 3. The summed E-state index contributed by atoms with van der Waals surface area (Å²) in [6.45, 7) is 0. The van der Waals surface area contributed by atoms with Crippen molar-refractivity contribution in [1.82, 2.24) is 4.90 Å². The first kappa shape index (κ1) is 18.3. The standard InChI is InChI=1S/C15H18NO7P/c1-21-15(19)12(8-9-24(20,22-2)23-3)16-13(17)10-6-4-5-7-11(10)14(16)18/h4-7,12H,8-9H2,1-3H3. The van der Waals surface area contributed by atoms with Gasteiger partial charge in [-0.3, -0.25) is 19.1 Å². The summed E-state index contributed by atoms with van der Waals surface area (Å²) in [6, 6.07) is 5.08. The minimum atomic E-state index is -3.40. The van der Waals surface area contributed by atoms with Crippen molar-refractivity contribution in [1.29, 1.82) is 0 Å². The Bertz CT molecular complexity index is 675. The summed E-state index contributed by atoms with van der Waals surface area (Å²) in [5.74, 6) is -1.95. The highest BCUT2D eigenvalue weighted by Gasteiger charge is 2.43. The molecule has 9 heteroatoms. The van der Waals surface area contributed by atoms with E-state index in [1.54, 1.807) is 12.1 Å². The second-order valence-electron chi connectivity index (χ2n) is 5.05. The third-order valence-electron chi connectivity index (χ3n) is 3.84. The zero-order valence-corrected chi connectivity index (χ0v) is 14.4. The predicted octanol–water partition coefficient (Wildman–Crippen LogP) is 1.70. The Morgan fingerprint density at radius 1 is 1.08 bits per heavy atom. The molecule has 2 amide bonds. The molecule has 0 saturated carbocycles. The number of ether oxygens (including phenoxy) is 1. The fourth-order valence-corrected chi connectivity index (χ4v) is 3.59. The predicted molar refractivity (Wildman–Crippen MR) is 83.9 cm³/mol.